The largest absolute Gasteiger partial charge is 0.292 e. The second-order valence-electron chi connectivity index (χ2n) is 6.29. The third kappa shape index (κ3) is 2.98. The summed E-state index contributed by atoms with van der Waals surface area (Å²) >= 11 is 6.44. The van der Waals surface area contributed by atoms with Gasteiger partial charge < -0.3 is 0 Å². The lowest BCUT2D eigenvalue weighted by Gasteiger charge is -2.51. The topological polar surface area (TPSA) is 3.24 Å². The van der Waals surface area contributed by atoms with E-state index in [1.165, 1.54) is 50.5 Å². The number of rotatable bonds is 2. The molecule has 1 aliphatic heterocycles. The molecule has 1 atom stereocenters. The molecular formula is C17H24ClN. The molecule has 0 unspecified atom stereocenters. The van der Waals surface area contributed by atoms with Crippen molar-refractivity contribution >= 4 is 11.6 Å². The predicted molar refractivity (Wildman–Crippen MR) is 81.5 cm³/mol. The van der Waals surface area contributed by atoms with Gasteiger partial charge in [0, 0.05) is 24.0 Å². The number of benzene rings is 1. The molecule has 0 N–H and O–H groups in total. The summed E-state index contributed by atoms with van der Waals surface area (Å²) < 4.78 is 0. The molecule has 1 spiro atoms. The van der Waals surface area contributed by atoms with E-state index in [9.17, 15) is 0 Å². The molecule has 3 rings (SSSR count). The summed E-state index contributed by atoms with van der Waals surface area (Å²) in [5.41, 5.74) is 1.89. The first kappa shape index (κ1) is 13.5. The number of piperidine rings is 1. The van der Waals surface area contributed by atoms with Gasteiger partial charge in [0.15, 0.2) is 0 Å². The standard InChI is InChI=1S/C17H24ClN/c18-16-9-12-17(10-5-2-6-11-17)19(14-16)13-15-7-3-1-4-8-15/h1,3-4,7-8,16H,2,5-6,9-14H2/t16-/m0/s1. The normalized spacial score (nSPS) is 27.5. The molecule has 1 nitrogen and oxygen atoms in total. The number of hydrogen-bond donors (Lipinski definition) is 0. The monoisotopic (exact) mass is 277 g/mol. The Bertz CT molecular complexity index is 397. The first-order valence-corrected chi connectivity index (χ1v) is 8.15. The Morgan fingerprint density at radius 3 is 2.53 bits per heavy atom. The van der Waals surface area contributed by atoms with Crippen molar-refractivity contribution in [1.29, 1.82) is 0 Å². The van der Waals surface area contributed by atoms with Crippen LogP contribution in [0.1, 0.15) is 50.5 Å². The van der Waals surface area contributed by atoms with Crippen LogP contribution < -0.4 is 0 Å². The number of hydrogen-bond acceptors (Lipinski definition) is 1. The van der Waals surface area contributed by atoms with Crippen LogP contribution in [0.4, 0.5) is 0 Å². The zero-order chi connectivity index (χ0) is 13.1. The first-order valence-electron chi connectivity index (χ1n) is 7.72. The van der Waals surface area contributed by atoms with Crippen molar-refractivity contribution in [3.05, 3.63) is 35.9 Å². The van der Waals surface area contributed by atoms with Crippen LogP contribution in [0.25, 0.3) is 0 Å². The Labute approximate surface area is 121 Å². The van der Waals surface area contributed by atoms with Gasteiger partial charge in [0.25, 0.3) is 0 Å². The minimum Gasteiger partial charge on any atom is -0.292 e. The van der Waals surface area contributed by atoms with Crippen LogP contribution in [-0.4, -0.2) is 22.4 Å². The van der Waals surface area contributed by atoms with E-state index in [4.69, 9.17) is 11.6 Å². The van der Waals surface area contributed by atoms with Gasteiger partial charge in [-0.25, -0.2) is 0 Å². The molecule has 0 amide bonds. The summed E-state index contributed by atoms with van der Waals surface area (Å²) in [4.78, 5) is 2.70. The van der Waals surface area contributed by atoms with Crippen LogP contribution >= 0.6 is 11.6 Å². The fourth-order valence-corrected chi connectivity index (χ4v) is 4.20. The van der Waals surface area contributed by atoms with Gasteiger partial charge in [0.1, 0.15) is 0 Å². The van der Waals surface area contributed by atoms with Crippen molar-refractivity contribution in [2.75, 3.05) is 6.54 Å². The Morgan fingerprint density at radius 1 is 1.05 bits per heavy atom. The Balaban J connectivity index is 1.78. The van der Waals surface area contributed by atoms with Crippen LogP contribution in [0.3, 0.4) is 0 Å². The van der Waals surface area contributed by atoms with E-state index in [0.29, 0.717) is 10.9 Å². The molecule has 1 saturated heterocycles. The van der Waals surface area contributed by atoms with E-state index in [0.717, 1.165) is 13.1 Å². The lowest BCUT2D eigenvalue weighted by molar-refractivity contribution is 0.0101. The van der Waals surface area contributed by atoms with Gasteiger partial charge in [-0.3, -0.25) is 4.90 Å². The number of likely N-dealkylation sites (tertiary alicyclic amines) is 1. The molecular weight excluding hydrogens is 254 g/mol. The van der Waals surface area contributed by atoms with E-state index in [2.05, 4.69) is 35.2 Å². The minimum absolute atomic E-state index is 0.344. The molecule has 1 aliphatic carbocycles. The quantitative estimate of drug-likeness (QED) is 0.715. The summed E-state index contributed by atoms with van der Waals surface area (Å²) in [5.74, 6) is 0. The van der Waals surface area contributed by atoms with Crippen LogP contribution in [0.2, 0.25) is 0 Å². The third-order valence-electron chi connectivity index (χ3n) is 5.01. The second-order valence-corrected chi connectivity index (χ2v) is 6.90. The van der Waals surface area contributed by atoms with Crippen molar-refractivity contribution in [3.63, 3.8) is 0 Å². The van der Waals surface area contributed by atoms with Crippen LogP contribution in [0.5, 0.6) is 0 Å². The molecule has 0 radical (unpaired) electrons. The lowest BCUT2D eigenvalue weighted by Crippen LogP contribution is -2.55. The molecule has 2 heteroatoms. The maximum absolute atomic E-state index is 6.44. The molecule has 0 bridgehead atoms. The maximum Gasteiger partial charge on any atom is 0.0464 e. The van der Waals surface area contributed by atoms with Crippen molar-refractivity contribution in [1.82, 2.24) is 4.90 Å². The summed E-state index contributed by atoms with van der Waals surface area (Å²) in [6.45, 7) is 2.14. The molecule has 19 heavy (non-hydrogen) atoms. The van der Waals surface area contributed by atoms with Crippen molar-refractivity contribution in [2.24, 2.45) is 0 Å². The van der Waals surface area contributed by atoms with Gasteiger partial charge in [-0.2, -0.15) is 0 Å². The average molecular weight is 278 g/mol. The Morgan fingerprint density at radius 2 is 1.79 bits per heavy atom. The Kier molecular flexibility index (Phi) is 4.14. The first-order chi connectivity index (χ1) is 9.28. The average Bonchev–Trinajstić information content (AvgIpc) is 2.46. The zero-order valence-electron chi connectivity index (χ0n) is 11.7. The van der Waals surface area contributed by atoms with Crippen molar-refractivity contribution < 1.29 is 0 Å². The molecule has 1 saturated carbocycles. The van der Waals surface area contributed by atoms with Gasteiger partial charge >= 0.3 is 0 Å². The van der Waals surface area contributed by atoms with E-state index in [1.54, 1.807) is 0 Å². The van der Waals surface area contributed by atoms with Crippen molar-refractivity contribution in [2.45, 2.75) is 62.4 Å². The number of alkyl halides is 1. The molecule has 1 heterocycles. The number of halogens is 1. The highest BCUT2D eigenvalue weighted by Crippen LogP contribution is 2.42. The van der Waals surface area contributed by atoms with E-state index in [-0.39, 0.29) is 0 Å². The number of nitrogens with zero attached hydrogens (tertiary/aromatic N) is 1. The fourth-order valence-electron chi connectivity index (χ4n) is 3.92. The molecule has 1 aromatic carbocycles. The highest BCUT2D eigenvalue weighted by molar-refractivity contribution is 6.20. The van der Waals surface area contributed by atoms with Crippen LogP contribution in [-0.2, 0) is 6.54 Å². The highest BCUT2D eigenvalue weighted by Gasteiger charge is 2.41. The third-order valence-corrected chi connectivity index (χ3v) is 5.37. The Hall–Kier alpha value is -0.530. The van der Waals surface area contributed by atoms with E-state index < -0.39 is 0 Å². The lowest BCUT2D eigenvalue weighted by atomic mass is 9.74. The molecule has 2 fully saturated rings. The maximum atomic E-state index is 6.44. The van der Waals surface area contributed by atoms with Crippen LogP contribution in [0, 0.1) is 0 Å². The van der Waals surface area contributed by atoms with E-state index >= 15 is 0 Å². The highest BCUT2D eigenvalue weighted by atomic mass is 35.5. The molecule has 1 aromatic rings. The SMILES string of the molecule is Cl[C@H]1CCC2(CCCCC2)N(Cc2ccccc2)C1. The summed E-state index contributed by atoms with van der Waals surface area (Å²) in [7, 11) is 0. The summed E-state index contributed by atoms with van der Waals surface area (Å²) in [6, 6.07) is 10.9. The van der Waals surface area contributed by atoms with Gasteiger partial charge in [-0.15, -0.1) is 11.6 Å². The predicted octanol–water partition coefficient (Wildman–Crippen LogP) is 4.59. The van der Waals surface area contributed by atoms with Crippen molar-refractivity contribution in [3.8, 4) is 0 Å². The van der Waals surface area contributed by atoms with Gasteiger partial charge in [-0.1, -0.05) is 49.6 Å². The van der Waals surface area contributed by atoms with Gasteiger partial charge in [-0.05, 0) is 31.2 Å². The fraction of sp³-hybridized carbons (Fsp3) is 0.647. The molecule has 0 aromatic heterocycles. The molecule has 2 aliphatic rings. The zero-order valence-corrected chi connectivity index (χ0v) is 12.4. The van der Waals surface area contributed by atoms with Gasteiger partial charge in [0.2, 0.25) is 0 Å². The minimum atomic E-state index is 0.344. The summed E-state index contributed by atoms with van der Waals surface area (Å²) in [5, 5.41) is 0.344. The van der Waals surface area contributed by atoms with Gasteiger partial charge in [0.05, 0.1) is 0 Å². The van der Waals surface area contributed by atoms with E-state index in [1.807, 2.05) is 0 Å². The van der Waals surface area contributed by atoms with Crippen LogP contribution in [0.15, 0.2) is 30.3 Å². The molecule has 104 valence electrons. The second kappa shape index (κ2) is 5.85. The summed E-state index contributed by atoms with van der Waals surface area (Å²) in [6.07, 6.45) is 9.48. The smallest absolute Gasteiger partial charge is 0.0464 e.